The molecule has 0 saturated carbocycles. The van der Waals surface area contributed by atoms with E-state index in [4.69, 9.17) is 10.5 Å². The van der Waals surface area contributed by atoms with Gasteiger partial charge in [0, 0.05) is 9.75 Å². The number of aryl methyl sites for hydroxylation is 1. The number of benzene rings is 1. The van der Waals surface area contributed by atoms with Crippen molar-refractivity contribution in [3.05, 3.63) is 40.8 Å². The summed E-state index contributed by atoms with van der Waals surface area (Å²) < 4.78 is 5.17. The summed E-state index contributed by atoms with van der Waals surface area (Å²) in [6, 6.07) is 9.43. The van der Waals surface area contributed by atoms with Gasteiger partial charge >= 0.3 is 0 Å². The van der Waals surface area contributed by atoms with E-state index in [0.29, 0.717) is 5.56 Å². The van der Waals surface area contributed by atoms with Crippen molar-refractivity contribution >= 4 is 17.2 Å². The van der Waals surface area contributed by atoms with Gasteiger partial charge in [-0.2, -0.15) is 0 Å². The van der Waals surface area contributed by atoms with Crippen LogP contribution in [0.5, 0.6) is 5.75 Å². The molecule has 2 N–H and O–H groups in total. The van der Waals surface area contributed by atoms with Gasteiger partial charge in [-0.3, -0.25) is 4.79 Å². The van der Waals surface area contributed by atoms with Crippen molar-refractivity contribution in [1.82, 2.24) is 0 Å². The molecule has 0 atom stereocenters. The molecule has 3 nitrogen and oxygen atoms in total. The minimum absolute atomic E-state index is 0.396. The molecule has 1 aromatic carbocycles. The van der Waals surface area contributed by atoms with E-state index >= 15 is 0 Å². The molecular weight excluding hydrogens is 234 g/mol. The van der Waals surface area contributed by atoms with Crippen LogP contribution >= 0.6 is 11.3 Å². The van der Waals surface area contributed by atoms with Crippen LogP contribution < -0.4 is 10.5 Å². The van der Waals surface area contributed by atoms with Gasteiger partial charge in [0.2, 0.25) is 5.91 Å². The number of rotatable bonds is 3. The number of ether oxygens (including phenoxy) is 1. The second kappa shape index (κ2) is 4.59. The van der Waals surface area contributed by atoms with Crippen LogP contribution in [-0.4, -0.2) is 13.0 Å². The molecule has 2 aromatic rings. The lowest BCUT2D eigenvalue weighted by Gasteiger charge is -2.04. The molecule has 88 valence electrons. The summed E-state index contributed by atoms with van der Waals surface area (Å²) in [4.78, 5) is 13.3. The Balaban J connectivity index is 2.55. The SMILES string of the molecule is COc1cccc(-c2sc(C)cc2C(N)=O)c1. The maximum absolute atomic E-state index is 11.4. The molecule has 0 radical (unpaired) electrons. The minimum atomic E-state index is -0.396. The van der Waals surface area contributed by atoms with Gasteiger partial charge in [0.15, 0.2) is 0 Å². The van der Waals surface area contributed by atoms with Crippen LogP contribution in [0, 0.1) is 6.92 Å². The van der Waals surface area contributed by atoms with Gasteiger partial charge in [0.1, 0.15) is 5.75 Å². The number of methoxy groups -OCH3 is 1. The second-order valence-electron chi connectivity index (χ2n) is 3.70. The Labute approximate surface area is 104 Å². The smallest absolute Gasteiger partial charge is 0.250 e. The largest absolute Gasteiger partial charge is 0.497 e. The van der Waals surface area contributed by atoms with Crippen molar-refractivity contribution in [2.45, 2.75) is 6.92 Å². The Hall–Kier alpha value is -1.81. The van der Waals surface area contributed by atoms with Crippen LogP contribution in [0.2, 0.25) is 0 Å². The van der Waals surface area contributed by atoms with E-state index in [1.165, 1.54) is 0 Å². The number of hydrogen-bond donors (Lipinski definition) is 1. The number of primary amides is 1. The lowest BCUT2D eigenvalue weighted by atomic mass is 10.1. The Morgan fingerprint density at radius 1 is 1.35 bits per heavy atom. The summed E-state index contributed by atoms with van der Waals surface area (Å²) in [5.41, 5.74) is 6.90. The molecule has 0 aliphatic rings. The highest BCUT2D eigenvalue weighted by Gasteiger charge is 2.13. The van der Waals surface area contributed by atoms with Crippen LogP contribution in [0.25, 0.3) is 10.4 Å². The fourth-order valence-electron chi connectivity index (χ4n) is 1.68. The molecule has 0 spiro atoms. The molecule has 0 aliphatic carbocycles. The summed E-state index contributed by atoms with van der Waals surface area (Å²) in [5, 5.41) is 0. The number of thiophene rings is 1. The zero-order chi connectivity index (χ0) is 12.4. The summed E-state index contributed by atoms with van der Waals surface area (Å²) in [7, 11) is 1.62. The lowest BCUT2D eigenvalue weighted by molar-refractivity contribution is 0.100. The highest BCUT2D eigenvalue weighted by Crippen LogP contribution is 2.33. The predicted octanol–water partition coefficient (Wildman–Crippen LogP) is 2.83. The van der Waals surface area contributed by atoms with Gasteiger partial charge in [0.25, 0.3) is 0 Å². The number of carbonyl (C=O) groups is 1. The average Bonchev–Trinajstić information content (AvgIpc) is 2.72. The fourth-order valence-corrected chi connectivity index (χ4v) is 2.69. The monoisotopic (exact) mass is 247 g/mol. The maximum atomic E-state index is 11.4. The molecule has 4 heteroatoms. The number of amides is 1. The topological polar surface area (TPSA) is 52.3 Å². The maximum Gasteiger partial charge on any atom is 0.250 e. The van der Waals surface area contributed by atoms with Crippen LogP contribution in [0.3, 0.4) is 0 Å². The van der Waals surface area contributed by atoms with Crippen LogP contribution in [0.4, 0.5) is 0 Å². The fraction of sp³-hybridized carbons (Fsp3) is 0.154. The average molecular weight is 247 g/mol. The molecule has 0 fully saturated rings. The molecule has 0 bridgehead atoms. The first-order chi connectivity index (χ1) is 8.11. The van der Waals surface area contributed by atoms with Gasteiger partial charge in [0.05, 0.1) is 12.7 Å². The van der Waals surface area contributed by atoms with E-state index in [2.05, 4.69) is 0 Å². The van der Waals surface area contributed by atoms with E-state index in [1.807, 2.05) is 37.3 Å². The third-order valence-corrected chi connectivity index (χ3v) is 3.55. The van der Waals surface area contributed by atoms with Gasteiger partial charge in [-0.05, 0) is 30.7 Å². The van der Waals surface area contributed by atoms with Crippen molar-refractivity contribution in [3.8, 4) is 16.2 Å². The van der Waals surface area contributed by atoms with Crippen LogP contribution in [0.15, 0.2) is 30.3 Å². The van der Waals surface area contributed by atoms with Crippen molar-refractivity contribution < 1.29 is 9.53 Å². The van der Waals surface area contributed by atoms with Crippen molar-refractivity contribution in [1.29, 1.82) is 0 Å². The second-order valence-corrected chi connectivity index (χ2v) is 4.95. The molecule has 1 heterocycles. The predicted molar refractivity (Wildman–Crippen MR) is 69.6 cm³/mol. The standard InChI is InChI=1S/C13H13NO2S/c1-8-6-11(13(14)15)12(17-8)9-4-3-5-10(7-9)16-2/h3-7H,1-2H3,(H2,14,15). The number of carbonyl (C=O) groups excluding carboxylic acids is 1. The molecule has 17 heavy (non-hydrogen) atoms. The van der Waals surface area contributed by atoms with Crippen LogP contribution in [0.1, 0.15) is 15.2 Å². The summed E-state index contributed by atoms with van der Waals surface area (Å²) in [6.45, 7) is 1.96. The van der Waals surface area contributed by atoms with E-state index in [-0.39, 0.29) is 0 Å². The van der Waals surface area contributed by atoms with Gasteiger partial charge in [-0.15, -0.1) is 11.3 Å². The molecule has 0 unspecified atom stereocenters. The van der Waals surface area contributed by atoms with E-state index in [9.17, 15) is 4.79 Å². The van der Waals surface area contributed by atoms with Gasteiger partial charge < -0.3 is 10.5 Å². The third kappa shape index (κ3) is 2.31. The first-order valence-electron chi connectivity index (χ1n) is 5.16. The first kappa shape index (κ1) is 11.7. The molecular formula is C13H13NO2S. The van der Waals surface area contributed by atoms with Crippen LogP contribution in [-0.2, 0) is 0 Å². The first-order valence-corrected chi connectivity index (χ1v) is 5.98. The Bertz CT molecular complexity index is 560. The van der Waals surface area contributed by atoms with Gasteiger partial charge in [-0.25, -0.2) is 0 Å². The minimum Gasteiger partial charge on any atom is -0.497 e. The van der Waals surface area contributed by atoms with Crippen molar-refractivity contribution in [3.63, 3.8) is 0 Å². The molecule has 0 aliphatic heterocycles. The van der Waals surface area contributed by atoms with Crippen molar-refractivity contribution in [2.24, 2.45) is 5.73 Å². The van der Waals surface area contributed by atoms with E-state index in [0.717, 1.165) is 21.1 Å². The van der Waals surface area contributed by atoms with E-state index < -0.39 is 5.91 Å². The summed E-state index contributed by atoms with van der Waals surface area (Å²) in [5.74, 6) is 0.371. The Kier molecular flexibility index (Phi) is 3.15. The number of nitrogens with two attached hydrogens (primary N) is 1. The van der Waals surface area contributed by atoms with Gasteiger partial charge in [-0.1, -0.05) is 12.1 Å². The molecule has 1 amide bonds. The highest BCUT2D eigenvalue weighted by molar-refractivity contribution is 7.15. The zero-order valence-electron chi connectivity index (χ0n) is 9.69. The summed E-state index contributed by atoms with van der Waals surface area (Å²) >= 11 is 1.56. The molecule has 2 rings (SSSR count). The quantitative estimate of drug-likeness (QED) is 0.906. The third-order valence-electron chi connectivity index (χ3n) is 2.45. The highest BCUT2D eigenvalue weighted by atomic mass is 32.1. The lowest BCUT2D eigenvalue weighted by Crippen LogP contribution is -2.10. The number of hydrogen-bond acceptors (Lipinski definition) is 3. The Morgan fingerprint density at radius 3 is 2.76 bits per heavy atom. The molecule has 0 saturated heterocycles. The van der Waals surface area contributed by atoms with Crippen molar-refractivity contribution in [2.75, 3.05) is 7.11 Å². The summed E-state index contributed by atoms with van der Waals surface area (Å²) in [6.07, 6.45) is 0. The normalized spacial score (nSPS) is 10.2. The van der Waals surface area contributed by atoms with E-state index in [1.54, 1.807) is 18.4 Å². The zero-order valence-corrected chi connectivity index (χ0v) is 10.5. The molecule has 1 aromatic heterocycles. The Morgan fingerprint density at radius 2 is 2.12 bits per heavy atom.